The van der Waals surface area contributed by atoms with Crippen molar-refractivity contribution in [1.82, 2.24) is 4.90 Å². The van der Waals surface area contributed by atoms with Gasteiger partial charge in [0.05, 0.1) is 16.2 Å². The summed E-state index contributed by atoms with van der Waals surface area (Å²) < 4.78 is 0. The molecular formula is C36H27N3O3. The topological polar surface area (TPSA) is 66.7 Å². The second-order valence-corrected chi connectivity index (χ2v) is 10.6. The number of anilines is 1. The van der Waals surface area contributed by atoms with E-state index in [4.69, 9.17) is 0 Å². The zero-order valence-corrected chi connectivity index (χ0v) is 22.8. The van der Waals surface area contributed by atoms with E-state index in [0.717, 1.165) is 38.2 Å². The third kappa shape index (κ3) is 4.43. The van der Waals surface area contributed by atoms with Gasteiger partial charge >= 0.3 is 0 Å². The van der Waals surface area contributed by atoms with Crippen molar-refractivity contribution in [3.8, 4) is 0 Å². The molecule has 0 saturated carbocycles. The molecule has 0 aromatic heterocycles. The first-order valence-electron chi connectivity index (χ1n) is 13.9. The van der Waals surface area contributed by atoms with E-state index in [-0.39, 0.29) is 11.6 Å². The second kappa shape index (κ2) is 10.5. The van der Waals surface area contributed by atoms with E-state index in [2.05, 4.69) is 47.4 Å². The Hall–Kier alpha value is -5.49. The van der Waals surface area contributed by atoms with Crippen LogP contribution < -0.4 is 4.90 Å². The summed E-state index contributed by atoms with van der Waals surface area (Å²) in [4.78, 5) is 30.0. The maximum Gasteiger partial charge on any atom is 0.270 e. The van der Waals surface area contributed by atoms with Gasteiger partial charge in [-0.15, -0.1) is 0 Å². The van der Waals surface area contributed by atoms with Crippen molar-refractivity contribution < 1.29 is 9.72 Å². The quantitative estimate of drug-likeness (QED) is 0.119. The molecule has 0 bridgehead atoms. The minimum Gasteiger partial charge on any atom is -0.342 e. The van der Waals surface area contributed by atoms with Crippen molar-refractivity contribution in [2.24, 2.45) is 0 Å². The molecule has 1 heterocycles. The Morgan fingerprint density at radius 1 is 0.619 bits per heavy atom. The summed E-state index contributed by atoms with van der Waals surface area (Å²) in [6.45, 7) is 0.849. The number of carbonyl (C=O) groups is 1. The predicted octanol–water partition coefficient (Wildman–Crippen LogP) is 8.26. The average molecular weight is 550 g/mol. The monoisotopic (exact) mass is 549 g/mol. The van der Waals surface area contributed by atoms with Gasteiger partial charge < -0.3 is 9.80 Å². The molecule has 0 spiro atoms. The molecule has 0 N–H and O–H groups in total. The number of non-ortho nitro benzene ring substituents is 1. The van der Waals surface area contributed by atoms with Crippen molar-refractivity contribution in [2.75, 3.05) is 4.90 Å². The van der Waals surface area contributed by atoms with Gasteiger partial charge in [0, 0.05) is 30.8 Å². The molecule has 0 aliphatic carbocycles. The fourth-order valence-electron chi connectivity index (χ4n) is 6.15. The molecule has 6 aromatic rings. The van der Waals surface area contributed by atoms with Crippen molar-refractivity contribution in [1.29, 1.82) is 0 Å². The minimum atomic E-state index is -0.483. The third-order valence-electron chi connectivity index (χ3n) is 8.04. The lowest BCUT2D eigenvalue weighted by molar-refractivity contribution is -0.384. The van der Waals surface area contributed by atoms with E-state index in [1.807, 2.05) is 77.7 Å². The van der Waals surface area contributed by atoms with Crippen LogP contribution in [0.2, 0.25) is 0 Å². The van der Waals surface area contributed by atoms with Crippen LogP contribution in [0.1, 0.15) is 33.2 Å². The Morgan fingerprint density at radius 3 is 1.71 bits per heavy atom. The Balaban J connectivity index is 1.54. The Kier molecular flexibility index (Phi) is 6.36. The molecule has 1 atom stereocenters. The normalized spacial score (nSPS) is 14.8. The highest BCUT2D eigenvalue weighted by Crippen LogP contribution is 2.46. The standard InChI is InChI=1S/C36H27N3O3/c40-36-32-22-29(39(41)42)19-20-33(32)37(23-25-11-3-1-4-12-25)35(38(36)24-26-13-5-2-6-14-26)34-30-17-9-7-15-27(30)21-28-16-8-10-18-31(28)34/h1-22,35H,23-24H2/t35-/m1/s1. The molecule has 1 aliphatic heterocycles. The van der Waals surface area contributed by atoms with Crippen LogP contribution in [0.15, 0.2) is 133 Å². The van der Waals surface area contributed by atoms with Crippen molar-refractivity contribution in [2.45, 2.75) is 19.3 Å². The van der Waals surface area contributed by atoms with Crippen LogP contribution in [0.3, 0.4) is 0 Å². The number of nitro groups is 1. The zero-order chi connectivity index (χ0) is 28.6. The average Bonchev–Trinajstić information content (AvgIpc) is 3.03. The van der Waals surface area contributed by atoms with Gasteiger partial charge in [0.15, 0.2) is 0 Å². The maximum atomic E-state index is 14.5. The van der Waals surface area contributed by atoms with Crippen LogP contribution in [0.25, 0.3) is 21.5 Å². The van der Waals surface area contributed by atoms with Crippen LogP contribution in [0.5, 0.6) is 0 Å². The number of hydrogen-bond acceptors (Lipinski definition) is 4. The molecule has 0 saturated heterocycles. The molecule has 1 amide bonds. The lowest BCUT2D eigenvalue weighted by atomic mass is 9.91. The molecule has 6 heteroatoms. The second-order valence-electron chi connectivity index (χ2n) is 10.6. The number of hydrogen-bond donors (Lipinski definition) is 0. The summed E-state index contributed by atoms with van der Waals surface area (Å²) in [5.41, 5.74) is 4.00. The van der Waals surface area contributed by atoms with Gasteiger partial charge in [-0.25, -0.2) is 0 Å². The van der Waals surface area contributed by atoms with E-state index in [1.54, 1.807) is 6.07 Å². The Bertz CT molecular complexity index is 1900. The van der Waals surface area contributed by atoms with Crippen LogP contribution in [0.4, 0.5) is 11.4 Å². The van der Waals surface area contributed by atoms with Crippen molar-refractivity contribution >= 4 is 38.8 Å². The molecule has 0 unspecified atom stereocenters. The first kappa shape index (κ1) is 25.5. The number of rotatable bonds is 6. The number of nitrogens with zero attached hydrogens (tertiary/aromatic N) is 3. The molecule has 7 rings (SSSR count). The van der Waals surface area contributed by atoms with Gasteiger partial charge in [-0.05, 0) is 44.8 Å². The van der Waals surface area contributed by atoms with Gasteiger partial charge in [0.2, 0.25) is 0 Å². The number of benzene rings is 6. The minimum absolute atomic E-state index is 0.101. The van der Waals surface area contributed by atoms with Crippen LogP contribution in [-0.4, -0.2) is 15.7 Å². The van der Waals surface area contributed by atoms with Crippen molar-refractivity contribution in [3.05, 3.63) is 166 Å². The fraction of sp³-hybridized carbons (Fsp3) is 0.0833. The summed E-state index contributed by atoms with van der Waals surface area (Å²) in [6, 6.07) is 43.5. The molecular weight excluding hydrogens is 522 g/mol. The molecule has 42 heavy (non-hydrogen) atoms. The Labute approximate surface area is 243 Å². The molecule has 6 aromatic carbocycles. The van der Waals surface area contributed by atoms with Crippen LogP contribution in [0, 0.1) is 10.1 Å². The molecule has 0 radical (unpaired) electrons. The van der Waals surface area contributed by atoms with Gasteiger partial charge in [-0.1, -0.05) is 109 Å². The molecule has 1 aliphatic rings. The summed E-state index contributed by atoms with van der Waals surface area (Å²) >= 11 is 0. The highest BCUT2D eigenvalue weighted by molar-refractivity contribution is 6.06. The van der Waals surface area contributed by atoms with Gasteiger partial charge in [0.1, 0.15) is 6.17 Å². The fourth-order valence-corrected chi connectivity index (χ4v) is 6.15. The van der Waals surface area contributed by atoms with E-state index in [9.17, 15) is 14.9 Å². The largest absolute Gasteiger partial charge is 0.342 e. The van der Waals surface area contributed by atoms with E-state index in [0.29, 0.717) is 24.3 Å². The Morgan fingerprint density at radius 2 is 1.14 bits per heavy atom. The van der Waals surface area contributed by atoms with Crippen molar-refractivity contribution in [3.63, 3.8) is 0 Å². The van der Waals surface area contributed by atoms with E-state index < -0.39 is 11.1 Å². The zero-order valence-electron chi connectivity index (χ0n) is 22.8. The molecule has 204 valence electrons. The highest BCUT2D eigenvalue weighted by atomic mass is 16.6. The summed E-state index contributed by atoms with van der Waals surface area (Å²) in [7, 11) is 0. The van der Waals surface area contributed by atoms with Crippen LogP contribution >= 0.6 is 0 Å². The predicted molar refractivity (Wildman–Crippen MR) is 166 cm³/mol. The SMILES string of the molecule is O=C1c2cc([N+](=O)[O-])ccc2N(Cc2ccccc2)[C@@H](c2c3ccccc3cc3ccccc23)N1Cc1ccccc1. The highest BCUT2D eigenvalue weighted by Gasteiger charge is 2.41. The van der Waals surface area contributed by atoms with Gasteiger partial charge in [-0.2, -0.15) is 0 Å². The number of carbonyl (C=O) groups excluding carboxylic acids is 1. The number of nitro benzene ring substituents is 1. The number of fused-ring (bicyclic) bond motifs is 3. The third-order valence-corrected chi connectivity index (χ3v) is 8.04. The summed E-state index contributed by atoms with van der Waals surface area (Å²) in [5.74, 6) is -0.233. The smallest absolute Gasteiger partial charge is 0.270 e. The van der Waals surface area contributed by atoms with Crippen LogP contribution in [-0.2, 0) is 13.1 Å². The maximum absolute atomic E-state index is 14.5. The van der Waals surface area contributed by atoms with E-state index >= 15 is 0 Å². The lowest BCUT2D eigenvalue weighted by Crippen LogP contribution is -2.49. The summed E-state index contributed by atoms with van der Waals surface area (Å²) in [5, 5.41) is 16.1. The summed E-state index contributed by atoms with van der Waals surface area (Å²) in [6.07, 6.45) is -0.483. The van der Waals surface area contributed by atoms with E-state index in [1.165, 1.54) is 12.1 Å². The first-order chi connectivity index (χ1) is 20.6. The lowest BCUT2D eigenvalue weighted by Gasteiger charge is -2.46. The first-order valence-corrected chi connectivity index (χ1v) is 13.9. The molecule has 6 nitrogen and oxygen atoms in total. The molecule has 0 fully saturated rings. The van der Waals surface area contributed by atoms with Gasteiger partial charge in [0.25, 0.3) is 11.6 Å². The number of amides is 1. The van der Waals surface area contributed by atoms with Gasteiger partial charge in [-0.3, -0.25) is 14.9 Å².